The number of rotatable bonds is 5. The topological polar surface area (TPSA) is 62.1 Å². The molecular formula is C25H28N2O3S. The first kappa shape index (κ1) is 21.5. The zero-order valence-corrected chi connectivity index (χ0v) is 18.8. The van der Waals surface area contributed by atoms with E-state index in [0.29, 0.717) is 17.3 Å². The second-order valence-corrected chi connectivity index (χ2v) is 8.98. The van der Waals surface area contributed by atoms with E-state index in [1.165, 1.54) is 23.7 Å². The van der Waals surface area contributed by atoms with Crippen LogP contribution in [0.2, 0.25) is 0 Å². The molecule has 2 aromatic rings. The van der Waals surface area contributed by atoms with Crippen molar-refractivity contribution in [1.82, 2.24) is 4.90 Å². The van der Waals surface area contributed by atoms with Gasteiger partial charge in [-0.15, -0.1) is 0 Å². The van der Waals surface area contributed by atoms with Crippen molar-refractivity contribution < 1.29 is 14.6 Å². The van der Waals surface area contributed by atoms with Gasteiger partial charge < -0.3 is 9.84 Å². The number of phenols is 1. The standard InChI is InChI=1S/C25H28N2O3S/c1-3-30-22-15-18(11-14-21(22)28)16-23-24(29)27(20-7-5-4-6-8-20)25(31-23)26-19-12-9-17(2)10-13-19/h9-16,20,28H,3-8H2,1-2H3/b23-16+,26-25?. The van der Waals surface area contributed by atoms with Gasteiger partial charge in [-0.05, 0) is 74.4 Å². The molecule has 0 aromatic heterocycles. The summed E-state index contributed by atoms with van der Waals surface area (Å²) in [6.45, 7) is 4.38. The molecule has 2 aromatic carbocycles. The molecule has 1 saturated carbocycles. The first-order valence-electron chi connectivity index (χ1n) is 10.9. The summed E-state index contributed by atoms with van der Waals surface area (Å²) in [5, 5.41) is 10.7. The molecule has 1 heterocycles. The van der Waals surface area contributed by atoms with Gasteiger partial charge in [0.05, 0.1) is 17.2 Å². The molecule has 1 aliphatic heterocycles. The van der Waals surface area contributed by atoms with Gasteiger partial charge in [-0.3, -0.25) is 9.69 Å². The van der Waals surface area contributed by atoms with E-state index in [9.17, 15) is 9.90 Å². The smallest absolute Gasteiger partial charge is 0.267 e. The van der Waals surface area contributed by atoms with Crippen LogP contribution < -0.4 is 4.74 Å². The van der Waals surface area contributed by atoms with Crippen LogP contribution in [-0.2, 0) is 4.79 Å². The molecule has 0 bridgehead atoms. The highest BCUT2D eigenvalue weighted by Gasteiger charge is 2.38. The Kier molecular flexibility index (Phi) is 6.66. The van der Waals surface area contributed by atoms with E-state index < -0.39 is 0 Å². The maximum atomic E-state index is 13.4. The Morgan fingerprint density at radius 3 is 2.61 bits per heavy atom. The van der Waals surface area contributed by atoms with Crippen molar-refractivity contribution in [3.8, 4) is 11.5 Å². The predicted octanol–water partition coefficient (Wildman–Crippen LogP) is 6.04. The van der Waals surface area contributed by atoms with Crippen LogP contribution in [0.15, 0.2) is 52.4 Å². The molecule has 1 aliphatic carbocycles. The number of hydrogen-bond acceptors (Lipinski definition) is 5. The summed E-state index contributed by atoms with van der Waals surface area (Å²) in [4.78, 5) is 20.8. The first-order valence-corrected chi connectivity index (χ1v) is 11.7. The molecule has 1 saturated heterocycles. The van der Waals surface area contributed by atoms with E-state index in [0.717, 1.165) is 42.1 Å². The van der Waals surface area contributed by atoms with Crippen LogP contribution in [0.1, 0.15) is 50.2 Å². The summed E-state index contributed by atoms with van der Waals surface area (Å²) >= 11 is 1.42. The minimum absolute atomic E-state index is 0.00814. The number of aryl methyl sites for hydroxylation is 1. The van der Waals surface area contributed by atoms with Crippen LogP contribution in [-0.4, -0.2) is 33.7 Å². The van der Waals surface area contributed by atoms with Gasteiger partial charge in [-0.25, -0.2) is 4.99 Å². The average molecular weight is 437 g/mol. The fourth-order valence-electron chi connectivity index (χ4n) is 4.00. The van der Waals surface area contributed by atoms with E-state index >= 15 is 0 Å². The molecule has 1 N–H and O–H groups in total. The molecule has 1 amide bonds. The molecule has 162 valence electrons. The molecule has 0 spiro atoms. The van der Waals surface area contributed by atoms with Crippen molar-refractivity contribution in [3.05, 3.63) is 58.5 Å². The maximum absolute atomic E-state index is 13.4. The Bertz CT molecular complexity index is 1010. The minimum Gasteiger partial charge on any atom is -0.504 e. The van der Waals surface area contributed by atoms with Gasteiger partial charge in [0.25, 0.3) is 5.91 Å². The predicted molar refractivity (Wildman–Crippen MR) is 127 cm³/mol. The monoisotopic (exact) mass is 436 g/mol. The summed E-state index contributed by atoms with van der Waals surface area (Å²) in [6.07, 6.45) is 7.41. The number of nitrogens with zero attached hydrogens (tertiary/aromatic N) is 2. The molecule has 0 radical (unpaired) electrons. The Labute approximate surface area is 187 Å². The zero-order chi connectivity index (χ0) is 21.8. The highest BCUT2D eigenvalue weighted by atomic mass is 32.2. The molecule has 31 heavy (non-hydrogen) atoms. The molecule has 0 unspecified atom stereocenters. The van der Waals surface area contributed by atoms with Gasteiger partial charge in [0.15, 0.2) is 16.7 Å². The fraction of sp³-hybridized carbons (Fsp3) is 0.360. The number of carbonyl (C=O) groups excluding carboxylic acids is 1. The second-order valence-electron chi connectivity index (χ2n) is 7.97. The van der Waals surface area contributed by atoms with Crippen molar-refractivity contribution in [2.45, 2.75) is 52.0 Å². The number of carbonyl (C=O) groups is 1. The van der Waals surface area contributed by atoms with E-state index in [1.807, 2.05) is 49.1 Å². The number of aromatic hydroxyl groups is 1. The van der Waals surface area contributed by atoms with Crippen molar-refractivity contribution in [3.63, 3.8) is 0 Å². The average Bonchev–Trinajstić information content (AvgIpc) is 3.07. The number of aliphatic imine (C=N–C) groups is 1. The van der Waals surface area contributed by atoms with Gasteiger partial charge in [0.2, 0.25) is 0 Å². The van der Waals surface area contributed by atoms with Crippen LogP contribution >= 0.6 is 11.8 Å². The van der Waals surface area contributed by atoms with Crippen LogP contribution in [0.4, 0.5) is 5.69 Å². The minimum atomic E-state index is 0.00814. The number of amidine groups is 1. The van der Waals surface area contributed by atoms with E-state index in [-0.39, 0.29) is 17.7 Å². The van der Waals surface area contributed by atoms with Crippen LogP contribution in [0, 0.1) is 6.92 Å². The molecule has 2 fully saturated rings. The summed E-state index contributed by atoms with van der Waals surface area (Å²) in [6, 6.07) is 13.4. The number of ether oxygens (including phenoxy) is 1. The lowest BCUT2D eigenvalue weighted by molar-refractivity contribution is -0.124. The Hall–Kier alpha value is -2.73. The van der Waals surface area contributed by atoms with Crippen LogP contribution in [0.25, 0.3) is 6.08 Å². The van der Waals surface area contributed by atoms with Crippen LogP contribution in [0.3, 0.4) is 0 Å². The van der Waals surface area contributed by atoms with Crippen molar-refractivity contribution in [2.24, 2.45) is 4.99 Å². The second kappa shape index (κ2) is 9.60. The number of benzene rings is 2. The number of amides is 1. The quantitative estimate of drug-likeness (QED) is 0.581. The Morgan fingerprint density at radius 1 is 1.16 bits per heavy atom. The fourth-order valence-corrected chi connectivity index (χ4v) is 5.06. The normalized spacial score (nSPS) is 20.1. The first-order chi connectivity index (χ1) is 15.0. The van der Waals surface area contributed by atoms with Crippen molar-refractivity contribution in [2.75, 3.05) is 6.61 Å². The van der Waals surface area contributed by atoms with E-state index in [4.69, 9.17) is 9.73 Å². The van der Waals surface area contributed by atoms with Gasteiger partial charge in [0.1, 0.15) is 0 Å². The largest absolute Gasteiger partial charge is 0.504 e. The lowest BCUT2D eigenvalue weighted by atomic mass is 9.94. The summed E-state index contributed by atoms with van der Waals surface area (Å²) in [7, 11) is 0. The molecular weight excluding hydrogens is 408 g/mol. The van der Waals surface area contributed by atoms with Crippen molar-refractivity contribution in [1.29, 1.82) is 0 Å². The van der Waals surface area contributed by atoms with Crippen molar-refractivity contribution >= 4 is 34.6 Å². The van der Waals surface area contributed by atoms with E-state index in [1.54, 1.807) is 18.2 Å². The number of hydrogen-bond donors (Lipinski definition) is 1. The van der Waals surface area contributed by atoms with Gasteiger partial charge in [-0.2, -0.15) is 0 Å². The third-order valence-corrected chi connectivity index (χ3v) is 6.60. The van der Waals surface area contributed by atoms with Crippen LogP contribution in [0.5, 0.6) is 11.5 Å². The van der Waals surface area contributed by atoms with E-state index in [2.05, 4.69) is 0 Å². The Morgan fingerprint density at radius 2 is 1.90 bits per heavy atom. The number of phenolic OH excluding ortho intramolecular Hbond substituents is 1. The van der Waals surface area contributed by atoms with Gasteiger partial charge in [0, 0.05) is 6.04 Å². The Balaban J connectivity index is 1.68. The summed E-state index contributed by atoms with van der Waals surface area (Å²) < 4.78 is 5.49. The zero-order valence-electron chi connectivity index (χ0n) is 18.0. The van der Waals surface area contributed by atoms with Gasteiger partial charge >= 0.3 is 0 Å². The third-order valence-electron chi connectivity index (χ3n) is 5.62. The summed E-state index contributed by atoms with van der Waals surface area (Å²) in [5.74, 6) is 0.527. The maximum Gasteiger partial charge on any atom is 0.267 e. The molecule has 2 aliphatic rings. The SMILES string of the molecule is CCOc1cc(/C=C2/SC(=Nc3ccc(C)cc3)N(C3CCCCC3)C2=O)ccc1O. The van der Waals surface area contributed by atoms with Gasteiger partial charge in [-0.1, -0.05) is 43.0 Å². The lowest BCUT2D eigenvalue weighted by Gasteiger charge is -2.30. The summed E-state index contributed by atoms with van der Waals surface area (Å²) in [5.41, 5.74) is 2.85. The number of thioether (sulfide) groups is 1. The molecule has 0 atom stereocenters. The highest BCUT2D eigenvalue weighted by Crippen LogP contribution is 2.39. The highest BCUT2D eigenvalue weighted by molar-refractivity contribution is 8.18. The molecule has 4 rings (SSSR count). The molecule has 5 nitrogen and oxygen atoms in total. The third kappa shape index (κ3) is 4.96. The lowest BCUT2D eigenvalue weighted by Crippen LogP contribution is -2.40. The molecule has 6 heteroatoms.